The van der Waals surface area contributed by atoms with Gasteiger partial charge in [-0.05, 0) is 31.9 Å². The average molecular weight is 350 g/mol. The van der Waals surface area contributed by atoms with Gasteiger partial charge < -0.3 is 15.4 Å². The van der Waals surface area contributed by atoms with E-state index in [4.69, 9.17) is 10.5 Å². The van der Waals surface area contributed by atoms with Crippen molar-refractivity contribution in [1.29, 1.82) is 0 Å². The number of ether oxygens (including phenoxy) is 1. The zero-order valence-electron chi connectivity index (χ0n) is 13.6. The highest BCUT2D eigenvalue weighted by Crippen LogP contribution is 2.31. The van der Waals surface area contributed by atoms with E-state index in [1.54, 1.807) is 5.32 Å². The van der Waals surface area contributed by atoms with Gasteiger partial charge in [0.05, 0.1) is 10.5 Å². The number of nitro benzene ring substituents is 1. The molecule has 0 aromatic heterocycles. The predicted molar refractivity (Wildman–Crippen MR) is 87.1 cm³/mol. The molecule has 25 heavy (non-hydrogen) atoms. The van der Waals surface area contributed by atoms with Crippen LogP contribution < -0.4 is 16.0 Å². The molecule has 1 atom stereocenters. The number of esters is 1. The van der Waals surface area contributed by atoms with Crippen LogP contribution >= 0.6 is 0 Å². The lowest BCUT2D eigenvalue weighted by molar-refractivity contribution is -0.384. The smallest absolute Gasteiger partial charge is 0.339 e. The van der Waals surface area contributed by atoms with Crippen LogP contribution in [0.5, 0.6) is 0 Å². The maximum atomic E-state index is 12.1. The molecule has 1 aromatic carbocycles. The molecular formula is C15H18N4O6. The highest BCUT2D eigenvalue weighted by molar-refractivity contribution is 5.98. The van der Waals surface area contributed by atoms with Gasteiger partial charge in [0.2, 0.25) is 0 Å². The van der Waals surface area contributed by atoms with E-state index >= 15 is 0 Å². The second kappa shape index (κ2) is 7.60. The maximum Gasteiger partial charge on any atom is 0.339 e. The summed E-state index contributed by atoms with van der Waals surface area (Å²) in [5.41, 5.74) is 4.99. The molecule has 3 amide bonds. The van der Waals surface area contributed by atoms with Gasteiger partial charge in [-0.2, -0.15) is 0 Å². The molecule has 0 radical (unpaired) electrons. The SMILES string of the molecule is CC(OC(=O)c1ccc(N2CCCC2)c([N+](=O)[O-])c1)C(=O)NC(N)=O. The Morgan fingerprint density at radius 3 is 2.52 bits per heavy atom. The molecule has 0 spiro atoms. The largest absolute Gasteiger partial charge is 0.449 e. The van der Waals surface area contributed by atoms with E-state index in [2.05, 4.69) is 0 Å². The molecule has 1 saturated heterocycles. The number of benzene rings is 1. The summed E-state index contributed by atoms with van der Waals surface area (Å²) in [4.78, 5) is 46.9. The first-order chi connectivity index (χ1) is 11.8. The predicted octanol–water partition coefficient (Wildman–Crippen LogP) is 0.935. The fourth-order valence-corrected chi connectivity index (χ4v) is 2.53. The molecule has 1 aromatic rings. The molecule has 1 aliphatic rings. The number of imide groups is 1. The summed E-state index contributed by atoms with van der Waals surface area (Å²) in [5.74, 6) is -1.80. The van der Waals surface area contributed by atoms with Crippen LogP contribution in [0, 0.1) is 10.1 Å². The molecule has 3 N–H and O–H groups in total. The Kier molecular flexibility index (Phi) is 5.52. The van der Waals surface area contributed by atoms with Gasteiger partial charge in [-0.3, -0.25) is 20.2 Å². The van der Waals surface area contributed by atoms with Crippen LogP contribution in [-0.2, 0) is 9.53 Å². The number of carbonyl (C=O) groups is 3. The molecule has 1 unspecified atom stereocenters. The van der Waals surface area contributed by atoms with Crippen LogP contribution in [0.2, 0.25) is 0 Å². The number of urea groups is 1. The fraction of sp³-hybridized carbons (Fsp3) is 0.400. The lowest BCUT2D eigenvalue weighted by atomic mass is 10.1. The van der Waals surface area contributed by atoms with E-state index < -0.39 is 28.9 Å². The van der Waals surface area contributed by atoms with Crippen LogP contribution in [0.15, 0.2) is 18.2 Å². The second-order valence-electron chi connectivity index (χ2n) is 5.56. The standard InChI is InChI=1S/C15H18N4O6/c1-9(13(20)17-15(16)22)25-14(21)10-4-5-11(12(8-10)19(23)24)18-6-2-3-7-18/h4-5,8-9H,2-3,6-7H2,1H3,(H3,16,17,20,22). The van der Waals surface area contributed by atoms with Gasteiger partial charge in [0.15, 0.2) is 6.10 Å². The van der Waals surface area contributed by atoms with Gasteiger partial charge in [-0.25, -0.2) is 9.59 Å². The first kappa shape index (κ1) is 18.2. The number of nitro groups is 1. The summed E-state index contributed by atoms with van der Waals surface area (Å²) in [7, 11) is 0. The Morgan fingerprint density at radius 2 is 1.96 bits per heavy atom. The number of amides is 3. The minimum absolute atomic E-state index is 0.0617. The molecule has 1 aliphatic heterocycles. The number of hydrogen-bond acceptors (Lipinski definition) is 7. The fourth-order valence-electron chi connectivity index (χ4n) is 2.53. The molecule has 0 aliphatic carbocycles. The number of nitrogens with one attached hydrogen (secondary N) is 1. The zero-order chi connectivity index (χ0) is 18.6. The van der Waals surface area contributed by atoms with Crippen molar-refractivity contribution in [3.8, 4) is 0 Å². The van der Waals surface area contributed by atoms with Crippen molar-refractivity contribution in [2.24, 2.45) is 5.73 Å². The Balaban J connectivity index is 2.17. The lowest BCUT2D eigenvalue weighted by Crippen LogP contribution is -2.42. The van der Waals surface area contributed by atoms with Gasteiger partial charge in [0.25, 0.3) is 11.6 Å². The number of nitrogens with two attached hydrogens (primary N) is 1. The number of hydrogen-bond donors (Lipinski definition) is 2. The van der Waals surface area contributed by atoms with Crippen LogP contribution in [0.1, 0.15) is 30.1 Å². The third kappa shape index (κ3) is 4.43. The van der Waals surface area contributed by atoms with E-state index in [-0.39, 0.29) is 11.3 Å². The van der Waals surface area contributed by atoms with Crippen LogP contribution in [0.25, 0.3) is 0 Å². The average Bonchev–Trinajstić information content (AvgIpc) is 3.07. The minimum Gasteiger partial charge on any atom is -0.449 e. The minimum atomic E-state index is -1.28. The van der Waals surface area contributed by atoms with E-state index in [0.29, 0.717) is 5.69 Å². The van der Waals surface area contributed by atoms with Crippen molar-refractivity contribution < 1.29 is 24.0 Å². The first-order valence-electron chi connectivity index (χ1n) is 7.64. The number of anilines is 1. The summed E-state index contributed by atoms with van der Waals surface area (Å²) in [5, 5.41) is 13.1. The highest BCUT2D eigenvalue weighted by atomic mass is 16.6. The maximum absolute atomic E-state index is 12.1. The lowest BCUT2D eigenvalue weighted by Gasteiger charge is -2.18. The Bertz CT molecular complexity index is 714. The molecular weight excluding hydrogens is 332 g/mol. The van der Waals surface area contributed by atoms with Gasteiger partial charge in [-0.15, -0.1) is 0 Å². The summed E-state index contributed by atoms with van der Waals surface area (Å²) < 4.78 is 4.90. The summed E-state index contributed by atoms with van der Waals surface area (Å²) in [6, 6.07) is 2.95. The molecule has 0 bridgehead atoms. The van der Waals surface area contributed by atoms with Gasteiger partial charge in [0.1, 0.15) is 5.69 Å². The molecule has 134 valence electrons. The normalized spacial score (nSPS) is 14.7. The Hall–Kier alpha value is -3.17. The van der Waals surface area contributed by atoms with Crippen molar-refractivity contribution >= 4 is 29.3 Å². The number of nitrogens with zero attached hydrogens (tertiary/aromatic N) is 2. The number of rotatable bonds is 5. The highest BCUT2D eigenvalue weighted by Gasteiger charge is 2.26. The van der Waals surface area contributed by atoms with Gasteiger partial charge in [0, 0.05) is 19.2 Å². The van der Waals surface area contributed by atoms with Crippen molar-refractivity contribution in [2.75, 3.05) is 18.0 Å². The monoisotopic (exact) mass is 350 g/mol. The van der Waals surface area contributed by atoms with Gasteiger partial charge >= 0.3 is 12.0 Å². The second-order valence-corrected chi connectivity index (χ2v) is 5.56. The molecule has 10 heteroatoms. The zero-order valence-corrected chi connectivity index (χ0v) is 13.6. The molecule has 10 nitrogen and oxygen atoms in total. The Labute approximate surface area is 143 Å². The third-order valence-corrected chi connectivity index (χ3v) is 3.75. The third-order valence-electron chi connectivity index (χ3n) is 3.75. The van der Waals surface area contributed by atoms with Crippen molar-refractivity contribution in [1.82, 2.24) is 5.32 Å². The molecule has 0 saturated carbocycles. The summed E-state index contributed by atoms with van der Waals surface area (Å²) in [6.45, 7) is 2.69. The number of carbonyl (C=O) groups excluding carboxylic acids is 3. The summed E-state index contributed by atoms with van der Waals surface area (Å²) in [6.07, 6.45) is 0.623. The summed E-state index contributed by atoms with van der Waals surface area (Å²) >= 11 is 0. The molecule has 1 heterocycles. The van der Waals surface area contributed by atoms with E-state index in [9.17, 15) is 24.5 Å². The quantitative estimate of drug-likeness (QED) is 0.456. The van der Waals surface area contributed by atoms with Crippen molar-refractivity contribution in [3.05, 3.63) is 33.9 Å². The van der Waals surface area contributed by atoms with Crippen molar-refractivity contribution in [3.63, 3.8) is 0 Å². The molecule has 1 fully saturated rings. The van der Waals surface area contributed by atoms with Crippen LogP contribution in [0.3, 0.4) is 0 Å². The number of primary amides is 1. The van der Waals surface area contributed by atoms with E-state index in [1.807, 2.05) is 4.90 Å². The Morgan fingerprint density at radius 1 is 1.32 bits per heavy atom. The van der Waals surface area contributed by atoms with E-state index in [1.165, 1.54) is 19.1 Å². The van der Waals surface area contributed by atoms with Crippen molar-refractivity contribution in [2.45, 2.75) is 25.9 Å². The van der Waals surface area contributed by atoms with E-state index in [0.717, 1.165) is 32.0 Å². The van der Waals surface area contributed by atoms with Gasteiger partial charge in [-0.1, -0.05) is 0 Å². The van der Waals surface area contributed by atoms with Crippen LogP contribution in [-0.4, -0.2) is 42.0 Å². The molecule has 2 rings (SSSR count). The van der Waals surface area contributed by atoms with Crippen LogP contribution in [0.4, 0.5) is 16.2 Å². The topological polar surface area (TPSA) is 145 Å². The first-order valence-corrected chi connectivity index (χ1v) is 7.64.